The van der Waals surface area contributed by atoms with Crippen LogP contribution in [0.4, 0.5) is 0 Å². The molecule has 6 fully saturated rings. The standard InChI is InChI=1S/C40H72N4O6/c1-23(2)16-30(21-43(7)8)41-38(47)27-13-10-12-26(17-27)31-15-11-14-28(37(31)49-9)20-44-36(35(25(4)46)34(22-45)50-44)39(48)42-33-19-29-18-32(24(33)3)40(29,5)6/h23-37,45-46H,10-22H2,1-9H3,(H,41,47)(H,42,48)/t24-,25-,26?,27?,28?,29+,30-,31?,32-,33-,34-,35-,36-,37?/m0/s1. The predicted octanol–water partition coefficient (Wildman–Crippen LogP) is 4.48. The van der Waals surface area contributed by atoms with Crippen LogP contribution in [-0.4, -0.2) is 109 Å². The van der Waals surface area contributed by atoms with Crippen LogP contribution in [0.3, 0.4) is 0 Å². The van der Waals surface area contributed by atoms with Gasteiger partial charge >= 0.3 is 0 Å². The van der Waals surface area contributed by atoms with Crippen molar-refractivity contribution in [1.82, 2.24) is 20.6 Å². The van der Waals surface area contributed by atoms with Crippen LogP contribution in [0.15, 0.2) is 0 Å². The first kappa shape index (κ1) is 39.9. The SMILES string of the molecule is COC1C(CN2O[C@@H](CO)[C@H]([C@H](C)O)[C@H]2C(=O)N[C@H]2C[C@H]3C[C@@H]([C@@H]2C)C3(C)C)CCCC1C1CCCC(C(=O)N[C@@H](CC(C)C)CN(C)C)C1. The van der Waals surface area contributed by atoms with Gasteiger partial charge in [0.1, 0.15) is 12.1 Å². The summed E-state index contributed by atoms with van der Waals surface area (Å²) in [6.45, 7) is 14.2. The van der Waals surface area contributed by atoms with Crippen molar-refractivity contribution < 1.29 is 29.4 Å². The lowest BCUT2D eigenvalue weighted by Gasteiger charge is -2.62. The number of carbonyl (C=O) groups is 2. The van der Waals surface area contributed by atoms with E-state index in [2.05, 4.69) is 64.2 Å². The topological polar surface area (TPSA) is 124 Å². The molecule has 5 unspecified atom stereocenters. The van der Waals surface area contributed by atoms with Gasteiger partial charge in [-0.05, 0) is 107 Å². The van der Waals surface area contributed by atoms with E-state index in [0.717, 1.165) is 64.3 Å². The molecule has 0 spiro atoms. The average Bonchev–Trinajstić information content (AvgIpc) is 3.43. The van der Waals surface area contributed by atoms with Gasteiger partial charge in [0, 0.05) is 50.0 Å². The van der Waals surface area contributed by atoms with Gasteiger partial charge in [-0.3, -0.25) is 14.4 Å². The zero-order chi connectivity index (χ0) is 36.5. The fourth-order valence-corrected chi connectivity index (χ4v) is 11.5. The molecule has 2 amide bonds. The molecule has 0 aromatic carbocycles. The molecule has 4 N–H and O–H groups in total. The quantitative estimate of drug-likeness (QED) is 0.209. The molecule has 6 aliphatic rings. The number of methoxy groups -OCH3 is 1. The number of nitrogens with one attached hydrogen (secondary N) is 2. The normalized spacial score (nSPS) is 39.9. The van der Waals surface area contributed by atoms with Gasteiger partial charge in [0.15, 0.2) is 0 Å². The van der Waals surface area contributed by atoms with Crippen molar-refractivity contribution in [2.24, 2.45) is 58.7 Å². The smallest absolute Gasteiger partial charge is 0.240 e. The number of likely N-dealkylation sites (N-methyl/N-ethyl adjacent to an activating group) is 1. The van der Waals surface area contributed by atoms with Crippen molar-refractivity contribution in [3.8, 4) is 0 Å². The highest BCUT2D eigenvalue weighted by Gasteiger charge is 2.58. The summed E-state index contributed by atoms with van der Waals surface area (Å²) in [5.74, 6) is 2.59. The van der Waals surface area contributed by atoms with E-state index < -0.39 is 24.2 Å². The molecule has 0 radical (unpaired) electrons. The lowest BCUT2D eigenvalue weighted by molar-refractivity contribution is -0.193. The minimum atomic E-state index is -0.815. The number of aliphatic hydroxyl groups is 2. The Morgan fingerprint density at radius 2 is 1.76 bits per heavy atom. The number of fused-ring (bicyclic) bond motifs is 2. The van der Waals surface area contributed by atoms with E-state index in [1.807, 2.05) is 7.11 Å². The van der Waals surface area contributed by atoms with Gasteiger partial charge in [-0.1, -0.05) is 53.9 Å². The molecule has 1 heterocycles. The molecule has 5 aliphatic carbocycles. The Balaban J connectivity index is 1.26. The maximum atomic E-state index is 14.2. The average molecular weight is 705 g/mol. The van der Waals surface area contributed by atoms with Crippen LogP contribution in [0.5, 0.6) is 0 Å². The maximum absolute atomic E-state index is 14.2. The number of rotatable bonds is 14. The third-order valence-corrected chi connectivity index (χ3v) is 14.1. The molecule has 14 atom stereocenters. The molecule has 10 heteroatoms. The van der Waals surface area contributed by atoms with Gasteiger partial charge in [-0.15, -0.1) is 0 Å². The summed E-state index contributed by atoms with van der Waals surface area (Å²) in [5.41, 5.74) is 0.324. The van der Waals surface area contributed by atoms with E-state index in [0.29, 0.717) is 47.5 Å². The highest BCUT2D eigenvalue weighted by atomic mass is 16.7. The van der Waals surface area contributed by atoms with Gasteiger partial charge in [0.25, 0.3) is 0 Å². The van der Waals surface area contributed by atoms with Crippen molar-refractivity contribution in [3.05, 3.63) is 0 Å². The summed E-state index contributed by atoms with van der Waals surface area (Å²) in [7, 11) is 5.94. The lowest BCUT2D eigenvalue weighted by Crippen LogP contribution is -2.62. The second-order valence-corrected chi connectivity index (χ2v) is 18.5. The molecule has 288 valence electrons. The number of amides is 2. The monoisotopic (exact) mass is 705 g/mol. The highest BCUT2D eigenvalue weighted by molar-refractivity contribution is 5.83. The van der Waals surface area contributed by atoms with Gasteiger partial charge in [-0.25, -0.2) is 0 Å². The first-order valence-electron chi connectivity index (χ1n) is 20.2. The Kier molecular flexibility index (Phi) is 13.4. The zero-order valence-electron chi connectivity index (χ0n) is 32.8. The minimum absolute atomic E-state index is 0.0174. The second kappa shape index (κ2) is 16.8. The second-order valence-electron chi connectivity index (χ2n) is 18.5. The number of nitrogens with zero attached hydrogens (tertiary/aromatic N) is 2. The van der Waals surface area contributed by atoms with Crippen LogP contribution in [-0.2, 0) is 19.2 Å². The van der Waals surface area contributed by atoms with Crippen LogP contribution < -0.4 is 10.6 Å². The van der Waals surface area contributed by atoms with Crippen molar-refractivity contribution >= 4 is 11.8 Å². The number of ether oxygens (including phenoxy) is 1. The molecule has 0 aromatic heterocycles. The van der Waals surface area contributed by atoms with Crippen LogP contribution in [0.1, 0.15) is 106 Å². The fraction of sp³-hybridized carbons (Fsp3) is 0.950. The van der Waals surface area contributed by atoms with E-state index in [1.165, 1.54) is 6.42 Å². The van der Waals surface area contributed by atoms with Crippen LogP contribution in [0.2, 0.25) is 0 Å². The largest absolute Gasteiger partial charge is 0.394 e. The van der Waals surface area contributed by atoms with Crippen LogP contribution >= 0.6 is 0 Å². The molecular formula is C40H72N4O6. The predicted molar refractivity (Wildman–Crippen MR) is 196 cm³/mol. The van der Waals surface area contributed by atoms with E-state index in [-0.39, 0.29) is 48.4 Å². The minimum Gasteiger partial charge on any atom is -0.394 e. The number of aliphatic hydroxyl groups excluding tert-OH is 2. The van der Waals surface area contributed by atoms with Gasteiger partial charge in [0.2, 0.25) is 11.8 Å². The van der Waals surface area contributed by atoms with E-state index >= 15 is 0 Å². The molecule has 2 bridgehead atoms. The Morgan fingerprint density at radius 1 is 1.04 bits per heavy atom. The first-order chi connectivity index (χ1) is 23.7. The Hall–Kier alpha value is -1.30. The van der Waals surface area contributed by atoms with Crippen molar-refractivity contribution in [2.45, 2.75) is 142 Å². The van der Waals surface area contributed by atoms with Crippen LogP contribution in [0, 0.1) is 58.7 Å². The number of hydroxylamine groups is 2. The molecule has 1 aliphatic heterocycles. The van der Waals surface area contributed by atoms with Crippen molar-refractivity contribution in [1.29, 1.82) is 0 Å². The maximum Gasteiger partial charge on any atom is 0.240 e. The van der Waals surface area contributed by atoms with Crippen LogP contribution in [0.25, 0.3) is 0 Å². The van der Waals surface area contributed by atoms with E-state index in [9.17, 15) is 19.8 Å². The van der Waals surface area contributed by atoms with Gasteiger partial charge < -0.3 is 30.5 Å². The molecule has 1 saturated heterocycles. The summed E-state index contributed by atoms with van der Waals surface area (Å²) in [5, 5.41) is 29.9. The summed E-state index contributed by atoms with van der Waals surface area (Å²) >= 11 is 0. The summed E-state index contributed by atoms with van der Waals surface area (Å²) in [4.78, 5) is 36.4. The van der Waals surface area contributed by atoms with Crippen molar-refractivity contribution in [3.63, 3.8) is 0 Å². The zero-order valence-corrected chi connectivity index (χ0v) is 32.8. The fourth-order valence-electron chi connectivity index (χ4n) is 11.5. The van der Waals surface area contributed by atoms with Gasteiger partial charge in [0.05, 0.1) is 18.8 Å². The molecule has 50 heavy (non-hydrogen) atoms. The van der Waals surface area contributed by atoms with Gasteiger partial charge in [-0.2, -0.15) is 5.06 Å². The molecule has 10 nitrogen and oxygen atoms in total. The lowest BCUT2D eigenvalue weighted by atomic mass is 9.45. The number of carbonyl (C=O) groups excluding carboxylic acids is 2. The molecule has 0 aromatic rings. The summed E-state index contributed by atoms with van der Waals surface area (Å²) in [6.07, 6.45) is 8.79. The third-order valence-electron chi connectivity index (χ3n) is 14.1. The highest BCUT2D eigenvalue weighted by Crippen LogP contribution is 2.61. The molecule has 5 saturated carbocycles. The molecule has 6 rings (SSSR count). The van der Waals surface area contributed by atoms with Crippen molar-refractivity contribution in [2.75, 3.05) is 40.9 Å². The molecular weight excluding hydrogens is 632 g/mol. The third kappa shape index (κ3) is 8.57. The number of hydrogen-bond donors (Lipinski definition) is 4. The Labute approximate surface area is 303 Å². The van der Waals surface area contributed by atoms with E-state index in [4.69, 9.17) is 9.57 Å². The Morgan fingerprint density at radius 3 is 2.36 bits per heavy atom. The first-order valence-corrected chi connectivity index (χ1v) is 20.2. The Bertz CT molecular complexity index is 1120. The summed E-state index contributed by atoms with van der Waals surface area (Å²) < 4.78 is 6.33. The van der Waals surface area contributed by atoms with E-state index in [1.54, 1.807) is 12.0 Å². The summed E-state index contributed by atoms with van der Waals surface area (Å²) in [6, 6.07) is -0.428. The number of hydrogen-bond acceptors (Lipinski definition) is 8.